The smallest absolute Gasteiger partial charge is 0.355 e. The Hall–Kier alpha value is -1.06. The third-order valence-electron chi connectivity index (χ3n) is 0.957. The van der Waals surface area contributed by atoms with Crippen molar-refractivity contribution in [1.29, 1.82) is 0 Å². The molecule has 58 valence electrons. The summed E-state index contributed by atoms with van der Waals surface area (Å²) in [6.45, 7) is 1.80. The van der Waals surface area contributed by atoms with Crippen molar-refractivity contribution in [2.75, 3.05) is 14.2 Å². The number of methoxy groups -OCH3 is 1. The van der Waals surface area contributed by atoms with Crippen LogP contribution in [0, 0.1) is 0 Å². The van der Waals surface area contributed by atoms with E-state index in [1.807, 2.05) is 0 Å². The summed E-state index contributed by atoms with van der Waals surface area (Å²) in [6, 6.07) is 0. The number of nitrogens with zero attached hydrogens (tertiary/aromatic N) is 1. The highest BCUT2D eigenvalue weighted by Crippen LogP contribution is 1.89. The summed E-state index contributed by atoms with van der Waals surface area (Å²) in [4.78, 5) is 15.1. The van der Waals surface area contributed by atoms with Crippen LogP contribution < -0.4 is 0 Å². The first-order valence-electron chi connectivity index (χ1n) is 2.94. The van der Waals surface area contributed by atoms with Crippen LogP contribution in [0.4, 0.5) is 0 Å². The topological polar surface area (TPSA) is 47.9 Å². The SMILES string of the molecule is CC/C(=N\OC)C(=O)OC. The molecule has 0 aromatic heterocycles. The molecule has 4 nitrogen and oxygen atoms in total. The first-order chi connectivity index (χ1) is 4.76. The minimum Gasteiger partial charge on any atom is -0.464 e. The molecule has 0 aliphatic carbocycles. The lowest BCUT2D eigenvalue weighted by molar-refractivity contribution is -0.133. The van der Waals surface area contributed by atoms with Gasteiger partial charge >= 0.3 is 5.97 Å². The van der Waals surface area contributed by atoms with E-state index in [1.54, 1.807) is 6.92 Å². The van der Waals surface area contributed by atoms with Crippen LogP contribution in [0.3, 0.4) is 0 Å². The van der Waals surface area contributed by atoms with Crippen LogP contribution in [0.15, 0.2) is 5.16 Å². The zero-order valence-electron chi connectivity index (χ0n) is 6.38. The molecule has 0 atom stereocenters. The number of hydrogen-bond donors (Lipinski definition) is 0. The summed E-state index contributed by atoms with van der Waals surface area (Å²) in [5.74, 6) is -0.440. The summed E-state index contributed by atoms with van der Waals surface area (Å²) < 4.78 is 4.41. The minimum absolute atomic E-state index is 0.296. The Labute approximate surface area is 59.8 Å². The van der Waals surface area contributed by atoms with E-state index < -0.39 is 5.97 Å². The van der Waals surface area contributed by atoms with Gasteiger partial charge in [0, 0.05) is 0 Å². The van der Waals surface area contributed by atoms with Crippen molar-refractivity contribution in [3.05, 3.63) is 0 Å². The normalized spacial score (nSPS) is 10.9. The van der Waals surface area contributed by atoms with E-state index in [1.165, 1.54) is 14.2 Å². The van der Waals surface area contributed by atoms with E-state index in [2.05, 4.69) is 14.7 Å². The van der Waals surface area contributed by atoms with Gasteiger partial charge in [0.2, 0.25) is 0 Å². The highest BCUT2D eigenvalue weighted by molar-refractivity contribution is 6.36. The van der Waals surface area contributed by atoms with Crippen LogP contribution >= 0.6 is 0 Å². The zero-order chi connectivity index (χ0) is 7.98. The van der Waals surface area contributed by atoms with Crippen molar-refractivity contribution >= 4 is 11.7 Å². The fourth-order valence-corrected chi connectivity index (χ4v) is 0.474. The van der Waals surface area contributed by atoms with Gasteiger partial charge in [0.1, 0.15) is 7.11 Å². The lowest BCUT2D eigenvalue weighted by Crippen LogP contribution is -2.14. The molecule has 0 saturated heterocycles. The van der Waals surface area contributed by atoms with Crippen molar-refractivity contribution in [2.24, 2.45) is 5.16 Å². The van der Waals surface area contributed by atoms with Gasteiger partial charge in [-0.3, -0.25) is 0 Å². The molecule has 10 heavy (non-hydrogen) atoms. The Morgan fingerprint density at radius 2 is 2.10 bits per heavy atom. The van der Waals surface area contributed by atoms with Gasteiger partial charge in [0.15, 0.2) is 5.71 Å². The third kappa shape index (κ3) is 2.48. The maximum Gasteiger partial charge on any atom is 0.355 e. The predicted octanol–water partition coefficient (Wildman–Crippen LogP) is 0.572. The summed E-state index contributed by atoms with van der Waals surface area (Å²) in [5.41, 5.74) is 0.296. The van der Waals surface area contributed by atoms with E-state index in [4.69, 9.17) is 0 Å². The van der Waals surface area contributed by atoms with Gasteiger partial charge in [0.25, 0.3) is 0 Å². The lowest BCUT2D eigenvalue weighted by Gasteiger charge is -1.97. The molecule has 0 amide bonds. The van der Waals surface area contributed by atoms with Crippen LogP contribution in [0.25, 0.3) is 0 Å². The van der Waals surface area contributed by atoms with E-state index in [-0.39, 0.29) is 0 Å². The van der Waals surface area contributed by atoms with Crippen molar-refractivity contribution in [2.45, 2.75) is 13.3 Å². The van der Waals surface area contributed by atoms with Gasteiger partial charge in [0.05, 0.1) is 7.11 Å². The maximum atomic E-state index is 10.7. The molecule has 0 unspecified atom stereocenters. The van der Waals surface area contributed by atoms with Gasteiger partial charge in [-0.15, -0.1) is 0 Å². The number of carbonyl (C=O) groups excluding carboxylic acids is 1. The first-order valence-corrected chi connectivity index (χ1v) is 2.94. The van der Waals surface area contributed by atoms with Gasteiger partial charge in [-0.2, -0.15) is 0 Å². The molecule has 0 aromatic rings. The molecular formula is C6H11NO3. The lowest BCUT2D eigenvalue weighted by atomic mass is 10.3. The Bertz CT molecular complexity index is 142. The molecule has 0 saturated carbocycles. The van der Waals surface area contributed by atoms with E-state index in [0.29, 0.717) is 12.1 Å². The Morgan fingerprint density at radius 3 is 2.40 bits per heavy atom. The largest absolute Gasteiger partial charge is 0.464 e. The molecule has 0 rings (SSSR count). The second-order valence-electron chi connectivity index (χ2n) is 1.57. The molecule has 0 aromatic carbocycles. The second kappa shape index (κ2) is 4.78. The number of esters is 1. The maximum absolute atomic E-state index is 10.7. The van der Waals surface area contributed by atoms with E-state index in [9.17, 15) is 4.79 Å². The van der Waals surface area contributed by atoms with Crippen LogP contribution in [0.5, 0.6) is 0 Å². The molecule has 0 aliphatic rings. The Balaban J connectivity index is 4.06. The molecule has 0 radical (unpaired) electrons. The highest BCUT2D eigenvalue weighted by atomic mass is 16.6. The average Bonchev–Trinajstić information content (AvgIpc) is 1.99. The molecule has 0 aliphatic heterocycles. The fraction of sp³-hybridized carbons (Fsp3) is 0.667. The highest BCUT2D eigenvalue weighted by Gasteiger charge is 2.08. The quantitative estimate of drug-likeness (QED) is 0.331. The Kier molecular flexibility index (Phi) is 4.28. The summed E-state index contributed by atoms with van der Waals surface area (Å²) in [7, 11) is 2.70. The molecule has 0 spiro atoms. The number of rotatable bonds is 3. The van der Waals surface area contributed by atoms with Crippen LogP contribution in [-0.2, 0) is 14.4 Å². The van der Waals surface area contributed by atoms with Crippen molar-refractivity contribution in [3.8, 4) is 0 Å². The van der Waals surface area contributed by atoms with E-state index in [0.717, 1.165) is 0 Å². The molecule has 0 N–H and O–H groups in total. The van der Waals surface area contributed by atoms with Crippen molar-refractivity contribution in [1.82, 2.24) is 0 Å². The molecular weight excluding hydrogens is 134 g/mol. The summed E-state index contributed by atoms with van der Waals surface area (Å²) in [5, 5.41) is 3.46. The first kappa shape index (κ1) is 8.94. The minimum atomic E-state index is -0.440. The fourth-order valence-electron chi connectivity index (χ4n) is 0.474. The van der Waals surface area contributed by atoms with Crippen LogP contribution in [-0.4, -0.2) is 25.9 Å². The molecule has 0 heterocycles. The molecule has 0 bridgehead atoms. The van der Waals surface area contributed by atoms with Crippen molar-refractivity contribution < 1.29 is 14.4 Å². The van der Waals surface area contributed by atoms with Gasteiger partial charge in [-0.25, -0.2) is 4.79 Å². The molecule has 0 fully saturated rings. The monoisotopic (exact) mass is 145 g/mol. The number of carbonyl (C=O) groups is 1. The van der Waals surface area contributed by atoms with E-state index >= 15 is 0 Å². The number of oxime groups is 1. The second-order valence-corrected chi connectivity index (χ2v) is 1.57. The molecule has 4 heteroatoms. The van der Waals surface area contributed by atoms with Crippen LogP contribution in [0.2, 0.25) is 0 Å². The van der Waals surface area contributed by atoms with Gasteiger partial charge in [-0.05, 0) is 6.42 Å². The summed E-state index contributed by atoms with van der Waals surface area (Å²) in [6.07, 6.45) is 0.514. The number of hydrogen-bond acceptors (Lipinski definition) is 4. The standard InChI is InChI=1S/C6H11NO3/c1-4-5(7-10-3)6(8)9-2/h4H2,1-3H3/b7-5+. The third-order valence-corrected chi connectivity index (χ3v) is 0.957. The zero-order valence-corrected chi connectivity index (χ0v) is 6.38. The van der Waals surface area contributed by atoms with Crippen molar-refractivity contribution in [3.63, 3.8) is 0 Å². The van der Waals surface area contributed by atoms with Gasteiger partial charge < -0.3 is 9.57 Å². The number of ether oxygens (including phenoxy) is 1. The summed E-state index contributed by atoms with van der Waals surface area (Å²) >= 11 is 0. The predicted molar refractivity (Wildman–Crippen MR) is 36.8 cm³/mol. The van der Waals surface area contributed by atoms with Gasteiger partial charge in [-0.1, -0.05) is 12.1 Å². The average molecular weight is 145 g/mol. The van der Waals surface area contributed by atoms with Crippen LogP contribution in [0.1, 0.15) is 13.3 Å². The Morgan fingerprint density at radius 1 is 1.50 bits per heavy atom.